The SMILES string of the molecule is CN/C=C(\C=N)c1ccc(Cc2cc3c(=O)n([C@H]4CCCC[C@@H]4O[Si](C)(C)C(C)(C)C)cnc3c3ccccc23)cn1. The van der Waals surface area contributed by atoms with Gasteiger partial charge in [0.1, 0.15) is 0 Å². The highest BCUT2D eigenvalue weighted by molar-refractivity contribution is 6.74. The first-order chi connectivity index (χ1) is 20.0. The second kappa shape index (κ2) is 11.9. The molecule has 0 unspecified atom stereocenters. The van der Waals surface area contributed by atoms with Crippen LogP contribution in [0.3, 0.4) is 0 Å². The van der Waals surface area contributed by atoms with E-state index in [9.17, 15) is 4.79 Å². The van der Waals surface area contributed by atoms with Gasteiger partial charge in [0.15, 0.2) is 8.32 Å². The molecule has 0 radical (unpaired) electrons. The van der Waals surface area contributed by atoms with E-state index in [2.05, 4.69) is 56.3 Å². The molecule has 0 aliphatic heterocycles. The van der Waals surface area contributed by atoms with Crippen LogP contribution < -0.4 is 10.9 Å². The van der Waals surface area contributed by atoms with Gasteiger partial charge in [-0.05, 0) is 66.0 Å². The molecule has 0 saturated heterocycles. The number of aromatic nitrogens is 3. The van der Waals surface area contributed by atoms with Crippen molar-refractivity contribution in [2.75, 3.05) is 7.05 Å². The predicted molar refractivity (Wildman–Crippen MR) is 176 cm³/mol. The predicted octanol–water partition coefficient (Wildman–Crippen LogP) is 7.25. The second-order valence-corrected chi connectivity index (χ2v) is 17.7. The van der Waals surface area contributed by atoms with Crippen LogP contribution in [0.25, 0.3) is 27.2 Å². The van der Waals surface area contributed by atoms with Crippen molar-refractivity contribution in [2.45, 2.75) is 83.2 Å². The van der Waals surface area contributed by atoms with Crippen molar-refractivity contribution in [1.82, 2.24) is 19.9 Å². The summed E-state index contributed by atoms with van der Waals surface area (Å²) in [5.41, 5.74) is 4.31. The van der Waals surface area contributed by atoms with Crippen molar-refractivity contribution in [2.24, 2.45) is 0 Å². The Balaban J connectivity index is 1.56. The van der Waals surface area contributed by atoms with Gasteiger partial charge in [-0.25, -0.2) is 4.98 Å². The van der Waals surface area contributed by atoms with Crippen molar-refractivity contribution in [3.05, 3.63) is 88.4 Å². The average Bonchev–Trinajstić information content (AvgIpc) is 2.97. The molecule has 0 bridgehead atoms. The minimum atomic E-state index is -2.01. The highest BCUT2D eigenvalue weighted by Gasteiger charge is 2.42. The lowest BCUT2D eigenvalue weighted by atomic mass is 9.92. The van der Waals surface area contributed by atoms with Crippen molar-refractivity contribution < 1.29 is 4.43 Å². The summed E-state index contributed by atoms with van der Waals surface area (Å²) < 4.78 is 8.78. The third-order valence-electron chi connectivity index (χ3n) is 9.13. The first-order valence-corrected chi connectivity index (χ1v) is 17.9. The lowest BCUT2D eigenvalue weighted by molar-refractivity contribution is 0.0824. The quantitative estimate of drug-likeness (QED) is 0.130. The highest BCUT2D eigenvalue weighted by atomic mass is 28.4. The van der Waals surface area contributed by atoms with Crippen molar-refractivity contribution >= 4 is 41.8 Å². The number of allylic oxidation sites excluding steroid dienone is 1. The van der Waals surface area contributed by atoms with Gasteiger partial charge in [-0.1, -0.05) is 63.9 Å². The zero-order valence-electron chi connectivity index (χ0n) is 25.7. The van der Waals surface area contributed by atoms with Gasteiger partial charge in [-0.2, -0.15) is 0 Å². The van der Waals surface area contributed by atoms with E-state index >= 15 is 0 Å². The van der Waals surface area contributed by atoms with Crippen LogP contribution in [0.15, 0.2) is 66.0 Å². The number of hydrogen-bond donors (Lipinski definition) is 2. The van der Waals surface area contributed by atoms with Crippen LogP contribution >= 0.6 is 0 Å². The van der Waals surface area contributed by atoms with Crippen LogP contribution in [0.4, 0.5) is 0 Å². The Morgan fingerprint density at radius 3 is 2.50 bits per heavy atom. The van der Waals surface area contributed by atoms with E-state index in [0.717, 1.165) is 58.8 Å². The van der Waals surface area contributed by atoms with E-state index in [0.29, 0.717) is 17.4 Å². The van der Waals surface area contributed by atoms with Gasteiger partial charge in [-0.15, -0.1) is 0 Å². The summed E-state index contributed by atoms with van der Waals surface area (Å²) in [5.74, 6) is 0. The second-order valence-electron chi connectivity index (χ2n) is 13.0. The summed E-state index contributed by atoms with van der Waals surface area (Å²) in [6, 6.07) is 14.2. The molecule has 220 valence electrons. The topological polar surface area (TPSA) is 92.9 Å². The lowest BCUT2D eigenvalue weighted by Crippen LogP contribution is -2.48. The van der Waals surface area contributed by atoms with Crippen LogP contribution in [-0.4, -0.2) is 42.2 Å². The normalized spacial score (nSPS) is 18.4. The summed E-state index contributed by atoms with van der Waals surface area (Å²) in [6.45, 7) is 11.4. The maximum atomic E-state index is 14.2. The van der Waals surface area contributed by atoms with Crippen molar-refractivity contribution in [1.29, 1.82) is 5.41 Å². The molecule has 4 aromatic rings. The molecule has 0 amide bonds. The number of nitrogens with zero attached hydrogens (tertiary/aromatic N) is 3. The van der Waals surface area contributed by atoms with Crippen molar-refractivity contribution in [3.63, 3.8) is 0 Å². The van der Waals surface area contributed by atoms with Gasteiger partial charge in [0, 0.05) is 36.6 Å². The molecule has 1 aliphatic carbocycles. The number of rotatable bonds is 8. The van der Waals surface area contributed by atoms with E-state index in [4.69, 9.17) is 14.8 Å². The van der Waals surface area contributed by atoms with E-state index in [1.807, 2.05) is 41.1 Å². The van der Waals surface area contributed by atoms with Crippen LogP contribution in [0, 0.1) is 5.41 Å². The van der Waals surface area contributed by atoms with Gasteiger partial charge < -0.3 is 15.2 Å². The standard InChI is InChI=1S/C34H43N5O2Si/c1-34(2,3)42(5,6)41-31-14-10-9-13-30(31)39-22-38-32-27-12-8-7-11-26(27)24(18-28(32)33(39)40)17-23-15-16-29(37-20-23)25(19-35)21-36-4/h7-8,11-12,15-16,18-22,30-31,35-36H,9-10,13-14,17H2,1-6H3/b25-21+,35-19?/t30-,31-/m0/s1. The molecule has 2 atom stereocenters. The molecule has 2 N–H and O–H groups in total. The largest absolute Gasteiger partial charge is 0.412 e. The summed E-state index contributed by atoms with van der Waals surface area (Å²) in [4.78, 5) is 23.7. The summed E-state index contributed by atoms with van der Waals surface area (Å²) in [7, 11) is -0.199. The smallest absolute Gasteiger partial charge is 0.261 e. The molecule has 0 spiro atoms. The lowest BCUT2D eigenvalue weighted by Gasteiger charge is -2.43. The van der Waals surface area contributed by atoms with Crippen LogP contribution in [0.5, 0.6) is 0 Å². The highest BCUT2D eigenvalue weighted by Crippen LogP contribution is 2.41. The van der Waals surface area contributed by atoms with E-state index in [-0.39, 0.29) is 22.7 Å². The van der Waals surface area contributed by atoms with Gasteiger partial charge in [-0.3, -0.25) is 14.3 Å². The Morgan fingerprint density at radius 1 is 1.10 bits per heavy atom. The minimum Gasteiger partial charge on any atom is -0.412 e. The maximum Gasteiger partial charge on any atom is 0.261 e. The Morgan fingerprint density at radius 2 is 1.83 bits per heavy atom. The molecule has 2 heterocycles. The van der Waals surface area contributed by atoms with E-state index in [1.54, 1.807) is 19.6 Å². The summed E-state index contributed by atoms with van der Waals surface area (Å²) in [5, 5.41) is 13.5. The first kappa shape index (κ1) is 29.9. The van der Waals surface area contributed by atoms with Gasteiger partial charge in [0.25, 0.3) is 5.56 Å². The fourth-order valence-corrected chi connectivity index (χ4v) is 7.17. The third-order valence-corrected chi connectivity index (χ3v) is 13.6. The molecule has 1 aliphatic rings. The van der Waals surface area contributed by atoms with E-state index in [1.165, 1.54) is 6.21 Å². The Hall–Kier alpha value is -3.62. The number of fused-ring (bicyclic) bond motifs is 3. The fourth-order valence-electron chi connectivity index (χ4n) is 5.78. The average molecular weight is 582 g/mol. The molecule has 8 heteroatoms. The van der Waals surface area contributed by atoms with Crippen LogP contribution in [0.1, 0.15) is 69.3 Å². The molecule has 2 aromatic carbocycles. The molecule has 1 saturated carbocycles. The van der Waals surface area contributed by atoms with Gasteiger partial charge in [0.05, 0.1) is 35.1 Å². The van der Waals surface area contributed by atoms with E-state index < -0.39 is 8.32 Å². The number of nitrogens with one attached hydrogen (secondary N) is 2. The number of pyridine rings is 1. The monoisotopic (exact) mass is 581 g/mol. The maximum absolute atomic E-state index is 14.2. The molecule has 5 rings (SSSR count). The van der Waals surface area contributed by atoms with Gasteiger partial charge >= 0.3 is 0 Å². The Kier molecular flexibility index (Phi) is 8.48. The molecule has 42 heavy (non-hydrogen) atoms. The molecule has 2 aromatic heterocycles. The number of benzene rings is 2. The van der Waals surface area contributed by atoms with Crippen molar-refractivity contribution in [3.8, 4) is 0 Å². The third kappa shape index (κ3) is 5.83. The zero-order valence-corrected chi connectivity index (χ0v) is 26.7. The molecular formula is C34H43N5O2Si. The molecule has 1 fully saturated rings. The summed E-state index contributed by atoms with van der Waals surface area (Å²) in [6.07, 6.45) is 11.4. The van der Waals surface area contributed by atoms with Crippen LogP contribution in [0.2, 0.25) is 18.1 Å². The molecular weight excluding hydrogens is 538 g/mol. The Labute approximate surface area is 249 Å². The fraction of sp³-hybridized carbons (Fsp3) is 0.412. The zero-order chi connectivity index (χ0) is 30.1. The van der Waals surface area contributed by atoms with Gasteiger partial charge in [0.2, 0.25) is 0 Å². The summed E-state index contributed by atoms with van der Waals surface area (Å²) >= 11 is 0. The minimum absolute atomic E-state index is 0.00374. The number of hydrogen-bond acceptors (Lipinski definition) is 6. The first-order valence-electron chi connectivity index (χ1n) is 15.0. The van der Waals surface area contributed by atoms with Crippen LogP contribution in [-0.2, 0) is 10.8 Å². The molecule has 7 nitrogen and oxygen atoms in total. The Bertz CT molecular complexity index is 1690.